The monoisotopic (exact) mass is 356 g/mol. The zero-order chi connectivity index (χ0) is 17.9. The predicted molar refractivity (Wildman–Crippen MR) is 90.7 cm³/mol. The number of hydrogen-bond acceptors (Lipinski definition) is 5. The molecule has 0 saturated carbocycles. The maximum absolute atomic E-state index is 11.9. The van der Waals surface area contributed by atoms with Gasteiger partial charge in [0.25, 0.3) is 0 Å². The number of nitrogens with one attached hydrogen (secondary N) is 1. The predicted octanol–water partition coefficient (Wildman–Crippen LogP) is 1.14. The maximum atomic E-state index is 11.9. The van der Waals surface area contributed by atoms with Gasteiger partial charge < -0.3 is 9.84 Å². The molecule has 7 nitrogen and oxygen atoms in total. The van der Waals surface area contributed by atoms with Crippen molar-refractivity contribution in [3.8, 4) is 5.75 Å². The molecule has 1 atom stereocenters. The second-order valence-electron chi connectivity index (χ2n) is 6.19. The summed E-state index contributed by atoms with van der Waals surface area (Å²) in [5.41, 5.74) is 1.59. The molecule has 0 aromatic heterocycles. The summed E-state index contributed by atoms with van der Waals surface area (Å²) < 4.78 is 30.6. The van der Waals surface area contributed by atoms with E-state index >= 15 is 0 Å². The minimum Gasteiger partial charge on any atom is -0.496 e. The van der Waals surface area contributed by atoms with Crippen LogP contribution in [0.3, 0.4) is 0 Å². The Bertz CT molecular complexity index is 696. The van der Waals surface area contributed by atoms with Crippen molar-refractivity contribution in [2.45, 2.75) is 31.8 Å². The molecule has 1 fully saturated rings. The van der Waals surface area contributed by atoms with Crippen LogP contribution >= 0.6 is 0 Å². The molecule has 1 aliphatic heterocycles. The van der Waals surface area contributed by atoms with Crippen molar-refractivity contribution >= 4 is 16.0 Å². The number of carboxylic acid groups (broad SMARTS) is 1. The molecule has 8 heteroatoms. The van der Waals surface area contributed by atoms with Crippen molar-refractivity contribution in [2.24, 2.45) is 0 Å². The summed E-state index contributed by atoms with van der Waals surface area (Å²) in [5.74, 6) is -0.391. The number of sulfonamides is 1. The van der Waals surface area contributed by atoms with E-state index in [0.29, 0.717) is 37.2 Å². The Morgan fingerprint density at radius 3 is 2.50 bits per heavy atom. The summed E-state index contributed by atoms with van der Waals surface area (Å²) in [6.45, 7) is 2.91. The Hall–Kier alpha value is -1.64. The van der Waals surface area contributed by atoms with Crippen molar-refractivity contribution in [1.29, 1.82) is 0 Å². The Balaban J connectivity index is 2.19. The highest BCUT2D eigenvalue weighted by Gasteiger charge is 2.33. The van der Waals surface area contributed by atoms with E-state index in [9.17, 15) is 18.3 Å². The third-order valence-electron chi connectivity index (χ3n) is 4.19. The van der Waals surface area contributed by atoms with Crippen LogP contribution in [0.25, 0.3) is 0 Å². The van der Waals surface area contributed by atoms with Crippen molar-refractivity contribution in [1.82, 2.24) is 9.62 Å². The summed E-state index contributed by atoms with van der Waals surface area (Å²) >= 11 is 0. The molecule has 1 aromatic carbocycles. The zero-order valence-corrected chi connectivity index (χ0v) is 15.0. The van der Waals surface area contributed by atoms with Crippen molar-refractivity contribution in [3.05, 3.63) is 29.3 Å². The average molecular weight is 356 g/mol. The number of carboxylic acids is 1. The normalized spacial score (nSPS) is 18.3. The van der Waals surface area contributed by atoms with Crippen LogP contribution in [-0.4, -0.2) is 56.9 Å². The number of hydrogen-bond donors (Lipinski definition) is 2. The van der Waals surface area contributed by atoms with E-state index in [1.54, 1.807) is 6.07 Å². The molecule has 0 aliphatic carbocycles. The first-order valence-electron chi connectivity index (χ1n) is 7.80. The number of methoxy groups -OCH3 is 1. The fourth-order valence-corrected chi connectivity index (χ4v) is 3.97. The fourth-order valence-electron chi connectivity index (χ4n) is 3.13. The molecular formula is C16H24N2O5S. The van der Waals surface area contributed by atoms with Gasteiger partial charge in [-0.15, -0.1) is 0 Å². The van der Waals surface area contributed by atoms with E-state index in [2.05, 4.69) is 4.72 Å². The molecule has 0 spiro atoms. The van der Waals surface area contributed by atoms with Crippen LogP contribution in [0.15, 0.2) is 18.2 Å². The lowest BCUT2D eigenvalue weighted by atomic mass is 9.98. The van der Waals surface area contributed by atoms with Gasteiger partial charge in [-0.2, -0.15) is 0 Å². The van der Waals surface area contributed by atoms with Crippen LogP contribution in [0.1, 0.15) is 30.0 Å². The number of aryl methyl sites for hydroxylation is 1. The Morgan fingerprint density at radius 1 is 1.38 bits per heavy atom. The van der Waals surface area contributed by atoms with Gasteiger partial charge >= 0.3 is 5.97 Å². The summed E-state index contributed by atoms with van der Waals surface area (Å²) in [5, 5.41) is 9.73. The highest BCUT2D eigenvalue weighted by Crippen LogP contribution is 2.32. The van der Waals surface area contributed by atoms with E-state index in [1.807, 2.05) is 24.0 Å². The summed E-state index contributed by atoms with van der Waals surface area (Å²) in [4.78, 5) is 13.7. The number of benzene rings is 1. The lowest BCUT2D eigenvalue weighted by Crippen LogP contribution is -2.46. The first-order chi connectivity index (χ1) is 11.2. The zero-order valence-electron chi connectivity index (χ0n) is 14.2. The molecule has 1 unspecified atom stereocenters. The van der Waals surface area contributed by atoms with Gasteiger partial charge in [-0.1, -0.05) is 17.7 Å². The molecule has 1 aromatic rings. The second-order valence-corrected chi connectivity index (χ2v) is 7.97. The average Bonchev–Trinajstić information content (AvgIpc) is 2.48. The maximum Gasteiger partial charge on any atom is 0.325 e. The number of ether oxygens (including phenoxy) is 1. The smallest absolute Gasteiger partial charge is 0.325 e. The van der Waals surface area contributed by atoms with Gasteiger partial charge in [0, 0.05) is 24.7 Å². The number of rotatable bonds is 6. The lowest BCUT2D eigenvalue weighted by molar-refractivity contribution is -0.144. The van der Waals surface area contributed by atoms with Crippen LogP contribution in [-0.2, 0) is 14.8 Å². The molecule has 1 heterocycles. The van der Waals surface area contributed by atoms with Gasteiger partial charge in [-0.05, 0) is 25.8 Å². The Morgan fingerprint density at radius 2 is 2.00 bits per heavy atom. The Labute approximate surface area is 142 Å². The van der Waals surface area contributed by atoms with E-state index in [1.165, 1.54) is 7.11 Å². The van der Waals surface area contributed by atoms with E-state index in [4.69, 9.17) is 4.74 Å². The largest absolute Gasteiger partial charge is 0.496 e. The van der Waals surface area contributed by atoms with Crippen LogP contribution in [0.2, 0.25) is 0 Å². The molecule has 0 bridgehead atoms. The third kappa shape index (κ3) is 4.68. The van der Waals surface area contributed by atoms with E-state index in [-0.39, 0.29) is 6.04 Å². The highest BCUT2D eigenvalue weighted by atomic mass is 32.2. The summed E-state index contributed by atoms with van der Waals surface area (Å²) in [7, 11) is -1.73. The molecule has 0 amide bonds. The molecule has 1 aliphatic rings. The van der Waals surface area contributed by atoms with Gasteiger partial charge in [0.05, 0.1) is 13.4 Å². The lowest BCUT2D eigenvalue weighted by Gasteiger charge is -2.36. The molecule has 1 saturated heterocycles. The van der Waals surface area contributed by atoms with Gasteiger partial charge in [0.1, 0.15) is 11.8 Å². The minimum atomic E-state index is -3.25. The fraction of sp³-hybridized carbons (Fsp3) is 0.562. The van der Waals surface area contributed by atoms with E-state index < -0.39 is 22.0 Å². The first kappa shape index (κ1) is 18.7. The standard InChI is InChI=1S/C16H24N2O5S/c1-11-4-5-14(23-2)13(10-11)15(16(19)20)18-8-6-12(7-9-18)17-24(3,21)22/h4-5,10,12,15,17H,6-9H2,1-3H3,(H,19,20). The van der Waals surface area contributed by atoms with Crippen molar-refractivity contribution in [2.75, 3.05) is 26.5 Å². The minimum absolute atomic E-state index is 0.148. The van der Waals surface area contributed by atoms with Gasteiger partial charge in [-0.25, -0.2) is 13.1 Å². The van der Waals surface area contributed by atoms with E-state index in [0.717, 1.165) is 11.8 Å². The molecule has 134 valence electrons. The summed E-state index contributed by atoms with van der Waals surface area (Å²) in [6, 6.07) is 4.53. The molecule has 2 N–H and O–H groups in total. The highest BCUT2D eigenvalue weighted by molar-refractivity contribution is 7.88. The van der Waals surface area contributed by atoms with Crippen molar-refractivity contribution < 1.29 is 23.1 Å². The van der Waals surface area contributed by atoms with Crippen LogP contribution in [0.5, 0.6) is 5.75 Å². The quantitative estimate of drug-likeness (QED) is 0.794. The van der Waals surface area contributed by atoms with Gasteiger partial charge in [-0.3, -0.25) is 9.69 Å². The van der Waals surface area contributed by atoms with Crippen LogP contribution in [0, 0.1) is 6.92 Å². The number of carbonyl (C=O) groups is 1. The third-order valence-corrected chi connectivity index (χ3v) is 4.95. The molecule has 0 radical (unpaired) electrons. The molecule has 2 rings (SSSR count). The number of aliphatic carboxylic acids is 1. The van der Waals surface area contributed by atoms with Crippen molar-refractivity contribution in [3.63, 3.8) is 0 Å². The SMILES string of the molecule is COc1ccc(C)cc1C(C(=O)O)N1CCC(NS(C)(=O)=O)CC1. The van der Waals surface area contributed by atoms with Crippen LogP contribution in [0.4, 0.5) is 0 Å². The van der Waals surface area contributed by atoms with Gasteiger partial charge in [0.15, 0.2) is 0 Å². The first-order valence-corrected chi connectivity index (χ1v) is 9.69. The summed E-state index contributed by atoms with van der Waals surface area (Å²) in [6.07, 6.45) is 2.28. The Kier molecular flexibility index (Phi) is 5.84. The number of nitrogens with zero attached hydrogens (tertiary/aromatic N) is 1. The van der Waals surface area contributed by atoms with Crippen LogP contribution < -0.4 is 9.46 Å². The second kappa shape index (κ2) is 7.50. The van der Waals surface area contributed by atoms with Gasteiger partial charge in [0.2, 0.25) is 10.0 Å². The number of likely N-dealkylation sites (tertiary alicyclic amines) is 1. The topological polar surface area (TPSA) is 95.9 Å². The number of piperidine rings is 1. The molecule has 24 heavy (non-hydrogen) atoms. The molecular weight excluding hydrogens is 332 g/mol.